The van der Waals surface area contributed by atoms with Crippen molar-refractivity contribution in [3.63, 3.8) is 0 Å². The Bertz CT molecular complexity index is 879. The van der Waals surface area contributed by atoms with E-state index in [1.54, 1.807) is 7.11 Å². The number of nitrogens with one attached hydrogen (secondary N) is 1. The van der Waals surface area contributed by atoms with Crippen LogP contribution in [-0.4, -0.2) is 28.7 Å². The Kier molecular flexibility index (Phi) is 6.39. The number of aliphatic hydroxyl groups excluding tert-OH is 1. The summed E-state index contributed by atoms with van der Waals surface area (Å²) >= 11 is 0. The third-order valence-electron chi connectivity index (χ3n) is 4.37. The van der Waals surface area contributed by atoms with Crippen LogP contribution in [0.5, 0.6) is 5.75 Å². The minimum absolute atomic E-state index is 0.0204. The number of ether oxygens (including phenoxy) is 1. The summed E-state index contributed by atoms with van der Waals surface area (Å²) in [5.74, 6) is 2.48. The molecule has 0 aliphatic heterocycles. The Hall–Kier alpha value is -2.92. The summed E-state index contributed by atoms with van der Waals surface area (Å²) < 4.78 is 5.19. The minimum atomic E-state index is 0.0204. The van der Waals surface area contributed by atoms with Crippen molar-refractivity contribution in [2.75, 3.05) is 19.0 Å². The first-order valence-corrected chi connectivity index (χ1v) is 9.16. The predicted octanol–water partition coefficient (Wildman–Crippen LogP) is 3.86. The lowest BCUT2D eigenvalue weighted by atomic mass is 10.1. The van der Waals surface area contributed by atoms with Crippen molar-refractivity contribution in [2.45, 2.75) is 26.4 Å². The van der Waals surface area contributed by atoms with Gasteiger partial charge in [-0.05, 0) is 35.7 Å². The molecule has 0 amide bonds. The standard InChI is InChI=1S/C22H25N3O2/c1-3-21-24-20(18-6-4-5-17(13-18)15-26)14-22(25-21)23-12-11-16-7-9-19(27-2)10-8-16/h4-10,13-14,26H,3,11-12,15H2,1-2H3,(H,23,24,25). The first-order chi connectivity index (χ1) is 13.2. The van der Waals surface area contributed by atoms with Crippen molar-refractivity contribution in [1.82, 2.24) is 9.97 Å². The number of aliphatic hydroxyl groups is 1. The van der Waals surface area contributed by atoms with Crippen molar-refractivity contribution < 1.29 is 9.84 Å². The summed E-state index contributed by atoms with van der Waals surface area (Å²) in [5, 5.41) is 12.8. The molecule has 0 radical (unpaired) electrons. The number of hydrogen-bond acceptors (Lipinski definition) is 5. The fourth-order valence-electron chi connectivity index (χ4n) is 2.85. The van der Waals surface area contributed by atoms with Gasteiger partial charge in [0.2, 0.25) is 0 Å². The van der Waals surface area contributed by atoms with E-state index in [-0.39, 0.29) is 6.61 Å². The molecule has 27 heavy (non-hydrogen) atoms. The van der Waals surface area contributed by atoms with E-state index in [1.807, 2.05) is 49.4 Å². The van der Waals surface area contributed by atoms with E-state index in [0.29, 0.717) is 0 Å². The second-order valence-corrected chi connectivity index (χ2v) is 6.29. The first-order valence-electron chi connectivity index (χ1n) is 9.16. The number of rotatable bonds is 8. The highest BCUT2D eigenvalue weighted by atomic mass is 16.5. The third kappa shape index (κ3) is 5.05. The van der Waals surface area contributed by atoms with Crippen LogP contribution in [0.1, 0.15) is 23.9 Å². The van der Waals surface area contributed by atoms with E-state index >= 15 is 0 Å². The van der Waals surface area contributed by atoms with Gasteiger partial charge in [-0.3, -0.25) is 0 Å². The molecule has 3 aromatic rings. The van der Waals surface area contributed by atoms with E-state index < -0.39 is 0 Å². The molecular weight excluding hydrogens is 338 g/mol. The van der Waals surface area contributed by atoms with E-state index in [9.17, 15) is 5.11 Å². The van der Waals surface area contributed by atoms with Crippen molar-refractivity contribution in [2.24, 2.45) is 0 Å². The lowest BCUT2D eigenvalue weighted by Crippen LogP contribution is -2.08. The van der Waals surface area contributed by atoms with E-state index in [2.05, 4.69) is 27.4 Å². The fraction of sp³-hybridized carbons (Fsp3) is 0.273. The molecule has 3 rings (SSSR count). The van der Waals surface area contributed by atoms with Gasteiger partial charge in [0.1, 0.15) is 17.4 Å². The van der Waals surface area contributed by atoms with Gasteiger partial charge in [-0.2, -0.15) is 0 Å². The minimum Gasteiger partial charge on any atom is -0.497 e. The summed E-state index contributed by atoms with van der Waals surface area (Å²) in [4.78, 5) is 9.22. The molecular formula is C22H25N3O2. The lowest BCUT2D eigenvalue weighted by Gasteiger charge is -2.10. The van der Waals surface area contributed by atoms with Gasteiger partial charge in [-0.25, -0.2) is 9.97 Å². The molecule has 0 spiro atoms. The van der Waals surface area contributed by atoms with E-state index in [1.165, 1.54) is 5.56 Å². The summed E-state index contributed by atoms with van der Waals surface area (Å²) in [6.07, 6.45) is 1.66. The molecule has 0 unspecified atom stereocenters. The topological polar surface area (TPSA) is 67.3 Å². The monoisotopic (exact) mass is 363 g/mol. The van der Waals surface area contributed by atoms with Gasteiger partial charge < -0.3 is 15.2 Å². The number of methoxy groups -OCH3 is 1. The maximum atomic E-state index is 9.37. The Morgan fingerprint density at radius 3 is 2.52 bits per heavy atom. The largest absolute Gasteiger partial charge is 0.497 e. The molecule has 2 N–H and O–H groups in total. The normalized spacial score (nSPS) is 10.6. The van der Waals surface area contributed by atoms with Gasteiger partial charge in [-0.1, -0.05) is 37.3 Å². The number of aryl methyl sites for hydroxylation is 1. The molecule has 0 fully saturated rings. The van der Waals surface area contributed by atoms with Crippen molar-refractivity contribution in [1.29, 1.82) is 0 Å². The molecule has 1 aromatic heterocycles. The van der Waals surface area contributed by atoms with Crippen LogP contribution in [0.2, 0.25) is 0 Å². The van der Waals surface area contributed by atoms with Crippen LogP contribution in [0.3, 0.4) is 0 Å². The van der Waals surface area contributed by atoms with Gasteiger partial charge in [-0.15, -0.1) is 0 Å². The second-order valence-electron chi connectivity index (χ2n) is 6.29. The van der Waals surface area contributed by atoms with Crippen LogP contribution in [-0.2, 0) is 19.4 Å². The van der Waals surface area contributed by atoms with Crippen molar-refractivity contribution >= 4 is 5.82 Å². The highest BCUT2D eigenvalue weighted by Crippen LogP contribution is 2.21. The molecule has 0 saturated heterocycles. The molecule has 2 aromatic carbocycles. The Morgan fingerprint density at radius 2 is 1.81 bits per heavy atom. The Balaban J connectivity index is 1.72. The van der Waals surface area contributed by atoms with Crippen LogP contribution < -0.4 is 10.1 Å². The quantitative estimate of drug-likeness (QED) is 0.636. The van der Waals surface area contributed by atoms with Crippen LogP contribution >= 0.6 is 0 Å². The Morgan fingerprint density at radius 1 is 1.00 bits per heavy atom. The fourth-order valence-corrected chi connectivity index (χ4v) is 2.85. The number of anilines is 1. The number of hydrogen-bond donors (Lipinski definition) is 2. The average molecular weight is 363 g/mol. The van der Waals surface area contributed by atoms with E-state index in [4.69, 9.17) is 4.74 Å². The summed E-state index contributed by atoms with van der Waals surface area (Å²) in [6.45, 7) is 2.85. The SMILES string of the molecule is CCc1nc(NCCc2ccc(OC)cc2)cc(-c2cccc(CO)c2)n1. The number of nitrogens with zero attached hydrogens (tertiary/aromatic N) is 2. The maximum Gasteiger partial charge on any atom is 0.131 e. The molecule has 0 saturated carbocycles. The van der Waals surface area contributed by atoms with Crippen molar-refractivity contribution in [3.8, 4) is 17.0 Å². The third-order valence-corrected chi connectivity index (χ3v) is 4.37. The van der Waals surface area contributed by atoms with Crippen LogP contribution in [0, 0.1) is 0 Å². The molecule has 1 heterocycles. The average Bonchev–Trinajstić information content (AvgIpc) is 2.74. The van der Waals surface area contributed by atoms with Crippen LogP contribution in [0.4, 0.5) is 5.82 Å². The summed E-state index contributed by atoms with van der Waals surface area (Å²) in [5.41, 5.74) is 3.96. The lowest BCUT2D eigenvalue weighted by molar-refractivity contribution is 0.282. The molecule has 0 aliphatic rings. The van der Waals surface area contributed by atoms with Gasteiger partial charge >= 0.3 is 0 Å². The zero-order valence-electron chi connectivity index (χ0n) is 15.8. The van der Waals surface area contributed by atoms with Gasteiger partial charge in [0.05, 0.1) is 19.4 Å². The summed E-state index contributed by atoms with van der Waals surface area (Å²) in [7, 11) is 1.67. The molecule has 0 atom stereocenters. The zero-order valence-corrected chi connectivity index (χ0v) is 15.8. The molecule has 5 nitrogen and oxygen atoms in total. The van der Waals surface area contributed by atoms with Crippen molar-refractivity contribution in [3.05, 3.63) is 71.5 Å². The van der Waals surface area contributed by atoms with E-state index in [0.717, 1.165) is 53.6 Å². The number of benzene rings is 2. The zero-order chi connectivity index (χ0) is 19.1. The van der Waals surface area contributed by atoms with Gasteiger partial charge in [0.25, 0.3) is 0 Å². The van der Waals surface area contributed by atoms with Gasteiger partial charge in [0, 0.05) is 24.6 Å². The molecule has 0 bridgehead atoms. The molecule has 140 valence electrons. The molecule has 0 aliphatic carbocycles. The van der Waals surface area contributed by atoms with Gasteiger partial charge in [0.15, 0.2) is 0 Å². The second kappa shape index (κ2) is 9.14. The predicted molar refractivity (Wildman–Crippen MR) is 108 cm³/mol. The summed E-state index contributed by atoms with van der Waals surface area (Å²) in [6, 6.07) is 17.9. The first kappa shape index (κ1) is 18.9. The number of aromatic nitrogens is 2. The maximum absolute atomic E-state index is 9.37. The van der Waals surface area contributed by atoms with Crippen LogP contribution in [0.25, 0.3) is 11.3 Å². The smallest absolute Gasteiger partial charge is 0.131 e. The van der Waals surface area contributed by atoms with Crippen LogP contribution in [0.15, 0.2) is 54.6 Å². The molecule has 5 heteroatoms. The Labute approximate surface area is 160 Å². The highest BCUT2D eigenvalue weighted by molar-refractivity contribution is 5.63. The highest BCUT2D eigenvalue weighted by Gasteiger charge is 2.07.